The van der Waals surface area contributed by atoms with E-state index in [1.54, 1.807) is 40.7 Å². The number of aliphatic hydroxyl groups is 1. The third-order valence-electron chi connectivity index (χ3n) is 5.98. The van der Waals surface area contributed by atoms with Gasteiger partial charge in [0.2, 0.25) is 6.29 Å². The summed E-state index contributed by atoms with van der Waals surface area (Å²) >= 11 is 0. The molecule has 9 nitrogen and oxygen atoms in total. The lowest BCUT2D eigenvalue weighted by Crippen LogP contribution is -2.33. The molecule has 1 aromatic heterocycles. The van der Waals surface area contributed by atoms with E-state index in [-0.39, 0.29) is 50.2 Å². The Labute approximate surface area is 213 Å². The predicted molar refractivity (Wildman–Crippen MR) is 133 cm³/mol. The lowest BCUT2D eigenvalue weighted by atomic mass is 9.97. The van der Waals surface area contributed by atoms with Gasteiger partial charge >= 0.3 is 0 Å². The molecule has 0 aliphatic carbocycles. The lowest BCUT2D eigenvalue weighted by Gasteiger charge is -2.29. The van der Waals surface area contributed by atoms with E-state index >= 15 is 0 Å². The summed E-state index contributed by atoms with van der Waals surface area (Å²) in [5.41, 5.74) is 1.54. The molecule has 10 heteroatoms. The molecule has 1 aliphatic heterocycles. The van der Waals surface area contributed by atoms with E-state index < -0.39 is 18.0 Å². The largest absolute Gasteiger partial charge is 0.459 e. The van der Waals surface area contributed by atoms with Gasteiger partial charge in [-0.05, 0) is 24.3 Å². The first-order valence-electron chi connectivity index (χ1n) is 12.0. The maximum absolute atomic E-state index is 14.0. The molecule has 0 fully saturated rings. The SMILES string of the molecule is Cn1c([C@@H]2C=C(C(=O)NCc3ccccc3F)O[C@H](OCCOCCO)C2)cc(=O)n1-c1ccccc1. The van der Waals surface area contributed by atoms with E-state index in [4.69, 9.17) is 19.3 Å². The molecule has 2 heterocycles. The summed E-state index contributed by atoms with van der Waals surface area (Å²) in [6.45, 7) is 0.512. The predicted octanol–water partition coefficient (Wildman–Crippen LogP) is 2.37. The van der Waals surface area contributed by atoms with Crippen LogP contribution in [0.25, 0.3) is 5.69 Å². The summed E-state index contributed by atoms with van der Waals surface area (Å²) in [6.07, 6.45) is 1.23. The fraction of sp³-hybridized carbons (Fsp3) is 0.333. The number of rotatable bonds is 11. The molecule has 0 bridgehead atoms. The van der Waals surface area contributed by atoms with Crippen LogP contribution in [-0.4, -0.2) is 53.1 Å². The van der Waals surface area contributed by atoms with Crippen molar-refractivity contribution in [3.63, 3.8) is 0 Å². The first-order chi connectivity index (χ1) is 18.0. The Hall–Kier alpha value is -3.73. The number of carbonyl (C=O) groups excluding carboxylic acids is 1. The Morgan fingerprint density at radius 2 is 1.89 bits per heavy atom. The number of ether oxygens (including phenoxy) is 3. The first-order valence-corrected chi connectivity index (χ1v) is 12.0. The smallest absolute Gasteiger partial charge is 0.286 e. The van der Waals surface area contributed by atoms with Crippen molar-refractivity contribution in [3.05, 3.63) is 99.9 Å². The van der Waals surface area contributed by atoms with Crippen molar-refractivity contribution >= 4 is 5.91 Å². The number of benzene rings is 2. The van der Waals surface area contributed by atoms with Crippen LogP contribution in [0, 0.1) is 5.82 Å². The molecule has 37 heavy (non-hydrogen) atoms. The van der Waals surface area contributed by atoms with E-state index in [9.17, 15) is 14.0 Å². The van der Waals surface area contributed by atoms with Crippen molar-refractivity contribution in [3.8, 4) is 5.69 Å². The highest BCUT2D eigenvalue weighted by Gasteiger charge is 2.31. The quantitative estimate of drug-likeness (QED) is 0.383. The number of aliphatic hydroxyl groups excluding tert-OH is 1. The molecular weight excluding hydrogens is 481 g/mol. The number of hydrogen-bond acceptors (Lipinski definition) is 6. The number of nitrogens with one attached hydrogen (secondary N) is 1. The summed E-state index contributed by atoms with van der Waals surface area (Å²) in [4.78, 5) is 25.9. The molecule has 2 aromatic carbocycles. The second-order valence-corrected chi connectivity index (χ2v) is 8.48. The van der Waals surface area contributed by atoms with E-state index in [1.165, 1.54) is 12.1 Å². The molecule has 0 spiro atoms. The van der Waals surface area contributed by atoms with Crippen molar-refractivity contribution in [1.82, 2.24) is 14.7 Å². The number of aromatic nitrogens is 2. The molecule has 2 atom stereocenters. The minimum Gasteiger partial charge on any atom is -0.459 e. The third kappa shape index (κ3) is 6.53. The fourth-order valence-corrected chi connectivity index (χ4v) is 4.20. The number of nitrogens with zero attached hydrogens (tertiary/aromatic N) is 2. The molecule has 0 radical (unpaired) electrons. The number of halogens is 1. The van der Waals surface area contributed by atoms with E-state index in [0.29, 0.717) is 23.4 Å². The minimum atomic E-state index is -0.780. The van der Waals surface area contributed by atoms with Gasteiger partial charge in [0.15, 0.2) is 5.76 Å². The molecule has 3 aromatic rings. The molecule has 0 saturated carbocycles. The van der Waals surface area contributed by atoms with Gasteiger partial charge in [-0.15, -0.1) is 0 Å². The topological polar surface area (TPSA) is 104 Å². The molecule has 0 saturated heterocycles. The van der Waals surface area contributed by atoms with Gasteiger partial charge in [-0.1, -0.05) is 36.4 Å². The van der Waals surface area contributed by atoms with Crippen molar-refractivity contribution < 1.29 is 28.5 Å². The standard InChI is InChI=1S/C27H30FN3O6/c1-30-23(17-25(33)31(30)21-8-3-2-4-9-21)20-15-24(37-26(16-20)36-14-13-35-12-11-32)27(34)29-18-19-7-5-6-10-22(19)28/h2-10,15,17,20,26,32H,11-14,16,18H2,1H3,(H,29,34)/t20-,26+/m1/s1. The summed E-state index contributed by atoms with van der Waals surface area (Å²) in [6, 6.07) is 17.0. The number of amides is 1. The molecule has 0 unspecified atom stereocenters. The zero-order valence-electron chi connectivity index (χ0n) is 20.5. The van der Waals surface area contributed by atoms with Crippen LogP contribution in [0.1, 0.15) is 23.6 Å². The Morgan fingerprint density at radius 3 is 2.65 bits per heavy atom. The first kappa shape index (κ1) is 26.3. The lowest BCUT2D eigenvalue weighted by molar-refractivity contribution is -0.151. The van der Waals surface area contributed by atoms with Crippen molar-refractivity contribution in [2.24, 2.45) is 7.05 Å². The second-order valence-electron chi connectivity index (χ2n) is 8.48. The monoisotopic (exact) mass is 511 g/mol. The number of allylic oxidation sites excluding steroid dienone is 1. The van der Waals surface area contributed by atoms with Crippen LogP contribution in [0.5, 0.6) is 0 Å². The van der Waals surface area contributed by atoms with Gasteiger partial charge in [0, 0.05) is 43.3 Å². The van der Waals surface area contributed by atoms with Crippen LogP contribution in [0.2, 0.25) is 0 Å². The Kier molecular flexibility index (Phi) is 8.89. The van der Waals surface area contributed by atoms with Crippen molar-refractivity contribution in [2.45, 2.75) is 25.2 Å². The van der Waals surface area contributed by atoms with Crippen LogP contribution in [0.3, 0.4) is 0 Å². The highest BCUT2D eigenvalue weighted by Crippen LogP contribution is 2.31. The molecule has 4 rings (SSSR count). The van der Waals surface area contributed by atoms with Gasteiger partial charge in [0.05, 0.1) is 32.1 Å². The molecule has 2 N–H and O–H groups in total. The van der Waals surface area contributed by atoms with Crippen LogP contribution in [-0.2, 0) is 32.6 Å². The number of hydrogen-bond donors (Lipinski definition) is 2. The average molecular weight is 512 g/mol. The van der Waals surface area contributed by atoms with Crippen molar-refractivity contribution in [2.75, 3.05) is 26.4 Å². The minimum absolute atomic E-state index is 0.0136. The highest BCUT2D eigenvalue weighted by atomic mass is 19.1. The summed E-state index contributed by atoms with van der Waals surface area (Å²) in [7, 11) is 1.78. The molecule has 196 valence electrons. The third-order valence-corrected chi connectivity index (χ3v) is 5.98. The van der Waals surface area contributed by atoms with Crippen LogP contribution >= 0.6 is 0 Å². The molecular formula is C27H30FN3O6. The van der Waals surface area contributed by atoms with Crippen LogP contribution < -0.4 is 10.9 Å². The number of carbonyl (C=O) groups is 1. The van der Waals surface area contributed by atoms with E-state index in [2.05, 4.69) is 5.32 Å². The van der Waals surface area contributed by atoms with Gasteiger partial charge < -0.3 is 24.6 Å². The van der Waals surface area contributed by atoms with Crippen LogP contribution in [0.4, 0.5) is 4.39 Å². The summed E-state index contributed by atoms with van der Waals surface area (Å²) in [5, 5.41) is 11.5. The maximum Gasteiger partial charge on any atom is 0.286 e. The van der Waals surface area contributed by atoms with Gasteiger partial charge in [0.1, 0.15) is 5.82 Å². The van der Waals surface area contributed by atoms with E-state index in [1.807, 2.05) is 30.3 Å². The summed E-state index contributed by atoms with van der Waals surface area (Å²) in [5.74, 6) is -1.28. The van der Waals surface area contributed by atoms with Gasteiger partial charge in [-0.2, -0.15) is 0 Å². The van der Waals surface area contributed by atoms with Crippen LogP contribution in [0.15, 0.2) is 77.3 Å². The van der Waals surface area contributed by atoms with E-state index in [0.717, 1.165) is 0 Å². The summed E-state index contributed by atoms with van der Waals surface area (Å²) < 4.78 is 34.2. The highest BCUT2D eigenvalue weighted by molar-refractivity contribution is 5.91. The zero-order valence-corrected chi connectivity index (χ0v) is 20.5. The molecule has 1 amide bonds. The fourth-order valence-electron chi connectivity index (χ4n) is 4.20. The Balaban J connectivity index is 1.56. The Morgan fingerprint density at radius 1 is 1.14 bits per heavy atom. The second kappa shape index (κ2) is 12.5. The maximum atomic E-state index is 14.0. The Bertz CT molecular complexity index is 1290. The van der Waals surface area contributed by atoms with Gasteiger partial charge in [-0.3, -0.25) is 14.3 Å². The number of para-hydroxylation sites is 1. The van der Waals surface area contributed by atoms with Gasteiger partial charge in [0.25, 0.3) is 11.5 Å². The average Bonchev–Trinajstić information content (AvgIpc) is 3.21. The normalized spacial score (nSPS) is 17.2. The zero-order chi connectivity index (χ0) is 26.2. The van der Waals surface area contributed by atoms with Crippen molar-refractivity contribution in [1.29, 1.82) is 0 Å². The van der Waals surface area contributed by atoms with Gasteiger partial charge in [-0.25, -0.2) is 9.07 Å². The molecule has 1 aliphatic rings.